The molecule has 0 aliphatic rings. The van der Waals surface area contributed by atoms with Gasteiger partial charge >= 0.3 is 0 Å². The van der Waals surface area contributed by atoms with Gasteiger partial charge in [-0.25, -0.2) is 0 Å². The van der Waals surface area contributed by atoms with E-state index in [-0.39, 0.29) is 11.9 Å². The molecule has 1 heterocycles. The Labute approximate surface area is 136 Å². The fourth-order valence-corrected chi connectivity index (χ4v) is 2.64. The summed E-state index contributed by atoms with van der Waals surface area (Å²) in [6.45, 7) is 6.11. The van der Waals surface area contributed by atoms with Gasteiger partial charge in [0.15, 0.2) is 5.76 Å². The number of hydrogen-bond acceptors (Lipinski definition) is 2. The average Bonchev–Trinajstić information content (AvgIpc) is 2.98. The highest BCUT2D eigenvalue weighted by molar-refractivity contribution is 5.96. The summed E-state index contributed by atoms with van der Waals surface area (Å²) < 4.78 is 5.67. The predicted octanol–water partition coefficient (Wildman–Crippen LogP) is 4.79. The molecule has 1 unspecified atom stereocenters. The van der Waals surface area contributed by atoms with Gasteiger partial charge in [0, 0.05) is 5.39 Å². The lowest BCUT2D eigenvalue weighted by molar-refractivity contribution is 0.0914. The number of hydrogen-bond donors (Lipinski definition) is 1. The molecule has 0 saturated heterocycles. The SMILES string of the molecule is CCc1ccc(C(C)NC(=O)c2cc3ccc(C)cc3o2)cc1. The molecule has 0 aliphatic carbocycles. The minimum absolute atomic E-state index is 0.0663. The number of carbonyl (C=O) groups excluding carboxylic acids is 1. The molecule has 2 aromatic carbocycles. The predicted molar refractivity (Wildman–Crippen MR) is 92.7 cm³/mol. The Balaban J connectivity index is 1.76. The minimum atomic E-state index is -0.189. The second kappa shape index (κ2) is 6.29. The number of aryl methyl sites for hydroxylation is 2. The Bertz CT molecular complexity index is 830. The van der Waals surface area contributed by atoms with E-state index in [1.165, 1.54) is 5.56 Å². The summed E-state index contributed by atoms with van der Waals surface area (Å²) in [5, 5.41) is 3.94. The molecule has 3 aromatic rings. The zero-order chi connectivity index (χ0) is 16.4. The first-order valence-electron chi connectivity index (χ1n) is 7.96. The van der Waals surface area contributed by atoms with E-state index in [4.69, 9.17) is 4.42 Å². The van der Waals surface area contributed by atoms with Crippen molar-refractivity contribution in [3.05, 3.63) is 71.0 Å². The molecule has 0 fully saturated rings. The first-order chi connectivity index (χ1) is 11.1. The molecule has 1 aromatic heterocycles. The molecule has 0 spiro atoms. The van der Waals surface area contributed by atoms with Gasteiger partial charge < -0.3 is 9.73 Å². The van der Waals surface area contributed by atoms with Crippen LogP contribution in [-0.2, 0) is 6.42 Å². The molecule has 118 valence electrons. The van der Waals surface area contributed by atoms with Gasteiger partial charge in [-0.15, -0.1) is 0 Å². The first-order valence-corrected chi connectivity index (χ1v) is 7.96. The van der Waals surface area contributed by atoms with Gasteiger partial charge in [0.1, 0.15) is 5.58 Å². The third kappa shape index (κ3) is 3.29. The van der Waals surface area contributed by atoms with Crippen molar-refractivity contribution in [2.45, 2.75) is 33.2 Å². The number of furan rings is 1. The molecule has 0 radical (unpaired) electrons. The largest absolute Gasteiger partial charge is 0.451 e. The molecule has 1 N–H and O–H groups in total. The van der Waals surface area contributed by atoms with Crippen LogP contribution in [0.15, 0.2) is 52.9 Å². The van der Waals surface area contributed by atoms with Gasteiger partial charge in [0.25, 0.3) is 5.91 Å². The molecule has 0 saturated carbocycles. The summed E-state index contributed by atoms with van der Waals surface area (Å²) in [6.07, 6.45) is 1.01. The molecule has 23 heavy (non-hydrogen) atoms. The molecule has 1 amide bonds. The number of amides is 1. The molecule has 3 heteroatoms. The van der Waals surface area contributed by atoms with Crippen molar-refractivity contribution in [1.82, 2.24) is 5.32 Å². The monoisotopic (exact) mass is 307 g/mol. The number of rotatable bonds is 4. The standard InChI is InChI=1S/C20H21NO2/c1-4-15-6-9-16(10-7-15)14(3)21-20(22)19-12-17-8-5-13(2)11-18(17)23-19/h5-12,14H,4H2,1-3H3,(H,21,22). The van der Waals surface area contributed by atoms with Crippen LogP contribution in [0.1, 0.15) is 47.1 Å². The number of nitrogens with one attached hydrogen (secondary N) is 1. The van der Waals surface area contributed by atoms with Crippen molar-refractivity contribution >= 4 is 16.9 Å². The lowest BCUT2D eigenvalue weighted by atomic mass is 10.0. The van der Waals surface area contributed by atoms with Crippen molar-refractivity contribution < 1.29 is 9.21 Å². The summed E-state index contributed by atoms with van der Waals surface area (Å²) in [5.41, 5.74) is 4.24. The van der Waals surface area contributed by atoms with Gasteiger partial charge in [-0.2, -0.15) is 0 Å². The quantitative estimate of drug-likeness (QED) is 0.752. The van der Waals surface area contributed by atoms with E-state index in [9.17, 15) is 4.79 Å². The van der Waals surface area contributed by atoms with Crippen LogP contribution in [0.25, 0.3) is 11.0 Å². The van der Waals surface area contributed by atoms with Gasteiger partial charge in [-0.3, -0.25) is 4.79 Å². The van der Waals surface area contributed by atoms with Gasteiger partial charge in [-0.05, 0) is 49.1 Å². The van der Waals surface area contributed by atoms with Crippen LogP contribution < -0.4 is 5.32 Å². The summed E-state index contributed by atoms with van der Waals surface area (Å²) in [5.74, 6) is 0.161. The van der Waals surface area contributed by atoms with Crippen LogP contribution in [0.4, 0.5) is 0 Å². The molecule has 1 atom stereocenters. The van der Waals surface area contributed by atoms with Crippen LogP contribution in [0.2, 0.25) is 0 Å². The zero-order valence-electron chi connectivity index (χ0n) is 13.7. The van der Waals surface area contributed by atoms with E-state index >= 15 is 0 Å². The number of fused-ring (bicyclic) bond motifs is 1. The third-order valence-electron chi connectivity index (χ3n) is 4.13. The van der Waals surface area contributed by atoms with Crippen LogP contribution >= 0.6 is 0 Å². The summed E-state index contributed by atoms with van der Waals surface area (Å²) in [4.78, 5) is 12.4. The second-order valence-electron chi connectivity index (χ2n) is 5.94. The number of carbonyl (C=O) groups is 1. The van der Waals surface area contributed by atoms with E-state index in [1.54, 1.807) is 6.07 Å². The maximum absolute atomic E-state index is 12.4. The Morgan fingerprint density at radius 2 is 1.87 bits per heavy atom. The van der Waals surface area contributed by atoms with Gasteiger partial charge in [0.05, 0.1) is 6.04 Å². The highest BCUT2D eigenvalue weighted by Crippen LogP contribution is 2.21. The van der Waals surface area contributed by atoms with Gasteiger partial charge in [0.2, 0.25) is 0 Å². The minimum Gasteiger partial charge on any atom is -0.451 e. The van der Waals surface area contributed by atoms with E-state index in [2.05, 4.69) is 36.5 Å². The third-order valence-corrected chi connectivity index (χ3v) is 4.13. The second-order valence-corrected chi connectivity index (χ2v) is 5.94. The van der Waals surface area contributed by atoms with Crippen molar-refractivity contribution in [3.8, 4) is 0 Å². The summed E-state index contributed by atoms with van der Waals surface area (Å²) in [6, 6.07) is 16.0. The lowest BCUT2D eigenvalue weighted by Gasteiger charge is -2.13. The van der Waals surface area contributed by atoms with Gasteiger partial charge in [-0.1, -0.05) is 43.3 Å². The highest BCUT2D eigenvalue weighted by atomic mass is 16.3. The van der Waals surface area contributed by atoms with E-state index < -0.39 is 0 Å². The van der Waals surface area contributed by atoms with Crippen molar-refractivity contribution in [1.29, 1.82) is 0 Å². The molecule has 0 aliphatic heterocycles. The van der Waals surface area contributed by atoms with E-state index in [1.807, 2.05) is 32.0 Å². The molecule has 0 bridgehead atoms. The maximum atomic E-state index is 12.4. The smallest absolute Gasteiger partial charge is 0.287 e. The lowest BCUT2D eigenvalue weighted by Crippen LogP contribution is -2.26. The first kappa shape index (κ1) is 15.3. The highest BCUT2D eigenvalue weighted by Gasteiger charge is 2.15. The Morgan fingerprint density at radius 3 is 2.57 bits per heavy atom. The maximum Gasteiger partial charge on any atom is 0.287 e. The number of benzene rings is 2. The topological polar surface area (TPSA) is 42.2 Å². The fraction of sp³-hybridized carbons (Fsp3) is 0.250. The van der Waals surface area contributed by atoms with Crippen LogP contribution in [0.3, 0.4) is 0 Å². The van der Waals surface area contributed by atoms with Crippen molar-refractivity contribution in [2.24, 2.45) is 0 Å². The molecule has 3 nitrogen and oxygen atoms in total. The van der Waals surface area contributed by atoms with E-state index in [0.717, 1.165) is 28.5 Å². The van der Waals surface area contributed by atoms with Crippen LogP contribution in [-0.4, -0.2) is 5.91 Å². The van der Waals surface area contributed by atoms with Crippen LogP contribution in [0, 0.1) is 6.92 Å². The fourth-order valence-electron chi connectivity index (χ4n) is 2.64. The zero-order valence-corrected chi connectivity index (χ0v) is 13.7. The average molecular weight is 307 g/mol. The van der Waals surface area contributed by atoms with Crippen LogP contribution in [0.5, 0.6) is 0 Å². The normalized spacial score (nSPS) is 12.3. The molecular formula is C20H21NO2. The summed E-state index contributed by atoms with van der Waals surface area (Å²) >= 11 is 0. The Kier molecular flexibility index (Phi) is 4.20. The van der Waals surface area contributed by atoms with Crippen molar-refractivity contribution in [3.63, 3.8) is 0 Å². The van der Waals surface area contributed by atoms with Crippen molar-refractivity contribution in [2.75, 3.05) is 0 Å². The molecule has 3 rings (SSSR count). The Hall–Kier alpha value is -2.55. The Morgan fingerprint density at radius 1 is 1.13 bits per heavy atom. The summed E-state index contributed by atoms with van der Waals surface area (Å²) in [7, 11) is 0. The molecular weight excluding hydrogens is 286 g/mol. The van der Waals surface area contributed by atoms with E-state index in [0.29, 0.717) is 5.76 Å².